The molecule has 35 heavy (non-hydrogen) atoms. The van der Waals surface area contributed by atoms with E-state index < -0.39 is 29.9 Å². The third kappa shape index (κ3) is 6.04. The summed E-state index contributed by atoms with van der Waals surface area (Å²) < 4.78 is 47.7. The third-order valence-corrected chi connectivity index (χ3v) is 5.44. The standard InChI is InChI=1S/C23H20ClF3N2O6/c1-12-15(10-20(30)28-8-7-21(31)32)16-9-19(34-2)17(24)11-18(16)29(12)22(33)13-3-5-14(6-4-13)35-23(25,26)27/h3-6,9,11H,7-8,10H2,1-2H3,(H,28,30)(H,31,32). The molecule has 1 heterocycles. The number of amides is 1. The fourth-order valence-electron chi connectivity index (χ4n) is 3.58. The van der Waals surface area contributed by atoms with Crippen LogP contribution in [0.4, 0.5) is 13.2 Å². The fourth-order valence-corrected chi connectivity index (χ4v) is 3.82. The zero-order valence-corrected chi connectivity index (χ0v) is 19.3. The highest BCUT2D eigenvalue weighted by Gasteiger charge is 2.31. The zero-order chi connectivity index (χ0) is 25.9. The second-order valence-electron chi connectivity index (χ2n) is 7.45. The number of carbonyl (C=O) groups is 3. The van der Waals surface area contributed by atoms with Gasteiger partial charge in [0, 0.05) is 23.2 Å². The lowest BCUT2D eigenvalue weighted by Crippen LogP contribution is -2.27. The first-order valence-corrected chi connectivity index (χ1v) is 10.6. The molecule has 0 saturated heterocycles. The van der Waals surface area contributed by atoms with Crippen molar-refractivity contribution in [2.24, 2.45) is 0 Å². The van der Waals surface area contributed by atoms with Crippen LogP contribution < -0.4 is 14.8 Å². The number of fused-ring (bicyclic) bond motifs is 1. The molecule has 186 valence electrons. The van der Waals surface area contributed by atoms with E-state index in [4.69, 9.17) is 21.4 Å². The number of ether oxygens (including phenoxy) is 2. The van der Waals surface area contributed by atoms with E-state index in [0.717, 1.165) is 12.1 Å². The van der Waals surface area contributed by atoms with Crippen LogP contribution in [0.3, 0.4) is 0 Å². The lowest BCUT2D eigenvalue weighted by molar-refractivity contribution is -0.274. The molecule has 0 atom stereocenters. The van der Waals surface area contributed by atoms with Crippen LogP contribution in [-0.4, -0.2) is 47.5 Å². The summed E-state index contributed by atoms with van der Waals surface area (Å²) in [5.74, 6) is -2.25. The van der Waals surface area contributed by atoms with Crippen LogP contribution in [0.15, 0.2) is 36.4 Å². The van der Waals surface area contributed by atoms with Gasteiger partial charge in [-0.2, -0.15) is 0 Å². The summed E-state index contributed by atoms with van der Waals surface area (Å²) in [5, 5.41) is 12.0. The van der Waals surface area contributed by atoms with Crippen LogP contribution in [0.5, 0.6) is 11.5 Å². The van der Waals surface area contributed by atoms with Crippen LogP contribution in [-0.2, 0) is 16.0 Å². The van der Waals surface area contributed by atoms with Crippen molar-refractivity contribution in [2.75, 3.05) is 13.7 Å². The largest absolute Gasteiger partial charge is 0.573 e. The predicted molar refractivity (Wildman–Crippen MR) is 120 cm³/mol. The van der Waals surface area contributed by atoms with Gasteiger partial charge in [-0.05, 0) is 48.9 Å². The highest BCUT2D eigenvalue weighted by Crippen LogP contribution is 2.35. The van der Waals surface area contributed by atoms with Gasteiger partial charge in [-0.3, -0.25) is 19.0 Å². The van der Waals surface area contributed by atoms with E-state index in [9.17, 15) is 27.6 Å². The van der Waals surface area contributed by atoms with Crippen LogP contribution in [0, 0.1) is 6.92 Å². The molecule has 1 aromatic heterocycles. The summed E-state index contributed by atoms with van der Waals surface area (Å²) in [6, 6.07) is 7.50. The predicted octanol–water partition coefficient (Wildman–Crippen LogP) is 4.33. The number of nitrogens with one attached hydrogen (secondary N) is 1. The molecular weight excluding hydrogens is 493 g/mol. The Morgan fingerprint density at radius 2 is 1.80 bits per heavy atom. The maximum atomic E-state index is 13.3. The van der Waals surface area contributed by atoms with Crippen LogP contribution in [0.25, 0.3) is 10.9 Å². The lowest BCUT2D eigenvalue weighted by Gasteiger charge is -2.11. The van der Waals surface area contributed by atoms with Gasteiger partial charge in [0.25, 0.3) is 5.91 Å². The molecule has 2 N–H and O–H groups in total. The molecule has 1 amide bonds. The second kappa shape index (κ2) is 10.3. The van der Waals surface area contributed by atoms with Gasteiger partial charge in [-0.15, -0.1) is 13.2 Å². The molecule has 3 aromatic rings. The average molecular weight is 513 g/mol. The maximum Gasteiger partial charge on any atom is 0.573 e. The van der Waals surface area contributed by atoms with Gasteiger partial charge in [0.1, 0.15) is 11.5 Å². The quantitative estimate of drug-likeness (QED) is 0.465. The van der Waals surface area contributed by atoms with E-state index in [1.165, 1.54) is 29.9 Å². The maximum absolute atomic E-state index is 13.3. The summed E-state index contributed by atoms with van der Waals surface area (Å²) in [6.45, 7) is 1.55. The molecule has 8 nitrogen and oxygen atoms in total. The molecule has 0 unspecified atom stereocenters. The fraction of sp³-hybridized carbons (Fsp3) is 0.261. The van der Waals surface area contributed by atoms with Crippen molar-refractivity contribution in [1.29, 1.82) is 0 Å². The molecule has 0 aliphatic carbocycles. The van der Waals surface area contributed by atoms with Gasteiger partial charge in [-0.1, -0.05) is 11.6 Å². The third-order valence-electron chi connectivity index (χ3n) is 5.14. The monoisotopic (exact) mass is 512 g/mol. The molecule has 2 aromatic carbocycles. The summed E-state index contributed by atoms with van der Waals surface area (Å²) in [6.07, 6.45) is -5.28. The van der Waals surface area contributed by atoms with Crippen molar-refractivity contribution in [2.45, 2.75) is 26.1 Å². The highest BCUT2D eigenvalue weighted by molar-refractivity contribution is 6.33. The van der Waals surface area contributed by atoms with Gasteiger partial charge in [0.15, 0.2) is 0 Å². The molecule has 0 radical (unpaired) electrons. The number of halogens is 4. The number of carboxylic acid groups (broad SMARTS) is 1. The molecule has 0 aliphatic rings. The van der Waals surface area contributed by atoms with Crippen molar-refractivity contribution < 1.29 is 42.1 Å². The van der Waals surface area contributed by atoms with Gasteiger partial charge < -0.3 is 19.9 Å². The van der Waals surface area contributed by atoms with Crippen LogP contribution >= 0.6 is 11.6 Å². The van der Waals surface area contributed by atoms with Gasteiger partial charge >= 0.3 is 12.3 Å². The molecule has 0 saturated carbocycles. The van der Waals surface area contributed by atoms with E-state index in [1.54, 1.807) is 13.0 Å². The Morgan fingerprint density at radius 3 is 2.37 bits per heavy atom. The number of hydrogen-bond donors (Lipinski definition) is 2. The van der Waals surface area contributed by atoms with Crippen molar-refractivity contribution in [3.05, 3.63) is 58.2 Å². The van der Waals surface area contributed by atoms with Crippen molar-refractivity contribution in [1.82, 2.24) is 9.88 Å². The van der Waals surface area contributed by atoms with Gasteiger partial charge in [0.05, 0.1) is 30.5 Å². The first-order chi connectivity index (χ1) is 16.4. The number of rotatable bonds is 8. The highest BCUT2D eigenvalue weighted by atomic mass is 35.5. The first-order valence-electron chi connectivity index (χ1n) is 10.2. The van der Waals surface area contributed by atoms with Crippen LogP contribution in [0.1, 0.15) is 28.0 Å². The summed E-state index contributed by atoms with van der Waals surface area (Å²) in [7, 11) is 1.41. The minimum atomic E-state index is -4.87. The molecular formula is C23H20ClF3N2O6. The van der Waals surface area contributed by atoms with Gasteiger partial charge in [0.2, 0.25) is 5.91 Å². The number of nitrogens with zero attached hydrogens (tertiary/aromatic N) is 1. The number of hydrogen-bond acceptors (Lipinski definition) is 5. The van der Waals surface area contributed by atoms with E-state index in [2.05, 4.69) is 10.1 Å². The lowest BCUT2D eigenvalue weighted by atomic mass is 10.1. The van der Waals surface area contributed by atoms with E-state index >= 15 is 0 Å². The first kappa shape index (κ1) is 25.9. The van der Waals surface area contributed by atoms with E-state index in [0.29, 0.717) is 27.9 Å². The SMILES string of the molecule is COc1cc2c(CC(=O)NCCC(=O)O)c(C)n(C(=O)c3ccc(OC(F)(F)F)cc3)c2cc1Cl. The molecule has 0 spiro atoms. The average Bonchev–Trinajstić information content (AvgIpc) is 3.02. The number of carboxylic acids is 1. The second-order valence-corrected chi connectivity index (χ2v) is 7.86. The smallest absolute Gasteiger partial charge is 0.495 e. The van der Waals surface area contributed by atoms with Crippen molar-refractivity contribution in [3.8, 4) is 11.5 Å². The Labute approximate surface area is 202 Å². The Bertz CT molecular complexity index is 1290. The van der Waals surface area contributed by atoms with Crippen LogP contribution in [0.2, 0.25) is 5.02 Å². The number of methoxy groups -OCH3 is 1. The van der Waals surface area contributed by atoms with E-state index in [1.807, 2.05) is 0 Å². The van der Waals surface area contributed by atoms with E-state index in [-0.39, 0.29) is 30.0 Å². The number of benzene rings is 2. The number of aromatic nitrogens is 1. The summed E-state index contributed by atoms with van der Waals surface area (Å²) >= 11 is 6.27. The van der Waals surface area contributed by atoms with Crippen molar-refractivity contribution >= 4 is 40.3 Å². The normalized spacial score (nSPS) is 11.4. The Balaban J connectivity index is 2.02. The molecule has 0 bridgehead atoms. The number of carbonyl (C=O) groups excluding carboxylic acids is 2. The Kier molecular flexibility index (Phi) is 7.59. The van der Waals surface area contributed by atoms with Crippen molar-refractivity contribution in [3.63, 3.8) is 0 Å². The minimum absolute atomic E-state index is 0.0632. The summed E-state index contributed by atoms with van der Waals surface area (Å²) in [5.41, 5.74) is 1.32. The van der Waals surface area contributed by atoms with Gasteiger partial charge in [-0.25, -0.2) is 0 Å². The Hall–Kier alpha value is -3.73. The Morgan fingerprint density at radius 1 is 1.14 bits per heavy atom. The molecule has 12 heteroatoms. The summed E-state index contributed by atoms with van der Waals surface area (Å²) in [4.78, 5) is 36.5. The number of aliphatic carboxylic acids is 1. The zero-order valence-electron chi connectivity index (χ0n) is 18.5. The number of alkyl halides is 3. The molecule has 0 aliphatic heterocycles. The molecule has 3 rings (SSSR count). The molecule has 0 fully saturated rings. The minimum Gasteiger partial charge on any atom is -0.495 e. The topological polar surface area (TPSA) is 107 Å².